The van der Waals surface area contributed by atoms with E-state index in [9.17, 15) is 4.79 Å². The van der Waals surface area contributed by atoms with E-state index in [1.807, 2.05) is 42.5 Å². The van der Waals surface area contributed by atoms with E-state index < -0.39 is 0 Å². The Hall–Kier alpha value is -2.20. The first kappa shape index (κ1) is 18.1. The van der Waals surface area contributed by atoms with E-state index in [1.54, 1.807) is 6.07 Å². The monoisotopic (exact) mass is 346 g/mol. The molecule has 0 saturated heterocycles. The van der Waals surface area contributed by atoms with Crippen molar-refractivity contribution in [1.82, 2.24) is 0 Å². The molecule has 0 aromatic heterocycles. The number of halogens is 1. The predicted molar refractivity (Wildman–Crippen MR) is 100.0 cm³/mol. The molecule has 0 aliphatic heterocycles. The molecule has 2 N–H and O–H groups in total. The van der Waals surface area contributed by atoms with E-state index in [0.717, 1.165) is 23.5 Å². The molecule has 5 heteroatoms. The number of anilines is 2. The summed E-state index contributed by atoms with van der Waals surface area (Å²) in [5.41, 5.74) is 1.47. The Bertz CT molecular complexity index is 657. The standard InChI is InChI=1S/C19H23ClN2O2/c1-14(2)11-12-24-16-9-7-15(8-10-16)22-19(23)13-21-18-6-4-3-5-17(18)20/h3-10,14,21H,11-13H2,1-2H3,(H,22,23). The van der Waals surface area contributed by atoms with Gasteiger partial charge in [0.2, 0.25) is 5.91 Å². The minimum Gasteiger partial charge on any atom is -0.494 e. The van der Waals surface area contributed by atoms with Gasteiger partial charge in [-0.2, -0.15) is 0 Å². The molecule has 0 aliphatic carbocycles. The van der Waals surface area contributed by atoms with Gasteiger partial charge < -0.3 is 15.4 Å². The number of rotatable bonds is 8. The van der Waals surface area contributed by atoms with Gasteiger partial charge in [-0.05, 0) is 48.7 Å². The van der Waals surface area contributed by atoms with Gasteiger partial charge in [0.25, 0.3) is 0 Å². The zero-order valence-electron chi connectivity index (χ0n) is 14.0. The van der Waals surface area contributed by atoms with Crippen LogP contribution in [0, 0.1) is 5.92 Å². The van der Waals surface area contributed by atoms with Crippen molar-refractivity contribution in [3.63, 3.8) is 0 Å². The number of hydrogen-bond donors (Lipinski definition) is 2. The minimum absolute atomic E-state index is 0.136. The Balaban J connectivity index is 1.78. The molecule has 128 valence electrons. The maximum atomic E-state index is 12.0. The molecular formula is C19H23ClN2O2. The molecule has 2 rings (SSSR count). The van der Waals surface area contributed by atoms with Gasteiger partial charge in [0.1, 0.15) is 5.75 Å². The molecule has 4 nitrogen and oxygen atoms in total. The van der Waals surface area contributed by atoms with Crippen LogP contribution in [0.2, 0.25) is 5.02 Å². The van der Waals surface area contributed by atoms with Crippen LogP contribution in [0.1, 0.15) is 20.3 Å². The van der Waals surface area contributed by atoms with E-state index in [4.69, 9.17) is 16.3 Å². The van der Waals surface area contributed by atoms with Gasteiger partial charge in [0, 0.05) is 5.69 Å². The van der Waals surface area contributed by atoms with Gasteiger partial charge in [0.05, 0.1) is 23.9 Å². The summed E-state index contributed by atoms with van der Waals surface area (Å²) in [6.07, 6.45) is 1.02. The second kappa shape index (κ2) is 9.18. The molecule has 2 aromatic carbocycles. The van der Waals surface area contributed by atoms with Crippen LogP contribution < -0.4 is 15.4 Å². The van der Waals surface area contributed by atoms with Crippen LogP contribution >= 0.6 is 11.6 Å². The van der Waals surface area contributed by atoms with E-state index >= 15 is 0 Å². The summed E-state index contributed by atoms with van der Waals surface area (Å²) in [6.45, 7) is 5.18. The van der Waals surface area contributed by atoms with Crippen LogP contribution in [0.25, 0.3) is 0 Å². The van der Waals surface area contributed by atoms with Crippen molar-refractivity contribution in [1.29, 1.82) is 0 Å². The predicted octanol–water partition coefficient (Wildman–Crippen LogP) is 4.82. The Kier molecular flexibility index (Phi) is 6.94. The van der Waals surface area contributed by atoms with Crippen molar-refractivity contribution in [3.8, 4) is 5.75 Å². The van der Waals surface area contributed by atoms with Gasteiger partial charge in [-0.1, -0.05) is 37.6 Å². The number of ether oxygens (including phenoxy) is 1. The highest BCUT2D eigenvalue weighted by Gasteiger charge is 2.04. The van der Waals surface area contributed by atoms with Gasteiger partial charge in [-0.25, -0.2) is 0 Å². The lowest BCUT2D eigenvalue weighted by molar-refractivity contribution is -0.114. The molecule has 0 unspecified atom stereocenters. The van der Waals surface area contributed by atoms with Gasteiger partial charge >= 0.3 is 0 Å². The van der Waals surface area contributed by atoms with Crippen LogP contribution in [0.4, 0.5) is 11.4 Å². The first-order valence-corrected chi connectivity index (χ1v) is 8.43. The van der Waals surface area contributed by atoms with Crippen LogP contribution in [0.5, 0.6) is 5.75 Å². The summed E-state index contributed by atoms with van der Waals surface area (Å²) in [5, 5.41) is 6.44. The normalized spacial score (nSPS) is 10.5. The number of amides is 1. The molecule has 0 atom stereocenters. The highest BCUT2D eigenvalue weighted by molar-refractivity contribution is 6.33. The molecule has 24 heavy (non-hydrogen) atoms. The average Bonchev–Trinajstić information content (AvgIpc) is 2.55. The lowest BCUT2D eigenvalue weighted by Crippen LogP contribution is -2.21. The lowest BCUT2D eigenvalue weighted by Gasteiger charge is -2.10. The largest absolute Gasteiger partial charge is 0.494 e. The molecule has 0 bridgehead atoms. The summed E-state index contributed by atoms with van der Waals surface area (Å²) in [6, 6.07) is 14.7. The Morgan fingerprint density at radius 2 is 1.83 bits per heavy atom. The van der Waals surface area contributed by atoms with Crippen molar-refractivity contribution in [2.75, 3.05) is 23.8 Å². The van der Waals surface area contributed by atoms with Crippen LogP contribution in [-0.2, 0) is 4.79 Å². The van der Waals surface area contributed by atoms with Crippen molar-refractivity contribution in [3.05, 3.63) is 53.6 Å². The van der Waals surface area contributed by atoms with Gasteiger partial charge in [-0.15, -0.1) is 0 Å². The number of benzene rings is 2. The lowest BCUT2D eigenvalue weighted by atomic mass is 10.1. The fourth-order valence-corrected chi connectivity index (χ4v) is 2.23. The molecule has 0 radical (unpaired) electrons. The van der Waals surface area contributed by atoms with Gasteiger partial charge in [-0.3, -0.25) is 4.79 Å². The number of carbonyl (C=O) groups excluding carboxylic acids is 1. The topological polar surface area (TPSA) is 50.4 Å². The van der Waals surface area contributed by atoms with Crippen LogP contribution in [0.15, 0.2) is 48.5 Å². The SMILES string of the molecule is CC(C)CCOc1ccc(NC(=O)CNc2ccccc2Cl)cc1. The van der Waals surface area contributed by atoms with Crippen LogP contribution in [-0.4, -0.2) is 19.1 Å². The fraction of sp³-hybridized carbons (Fsp3) is 0.316. The summed E-state index contributed by atoms with van der Waals surface area (Å²) in [4.78, 5) is 12.0. The molecule has 0 heterocycles. The van der Waals surface area contributed by atoms with Crippen LogP contribution in [0.3, 0.4) is 0 Å². The Labute approximate surface area is 148 Å². The van der Waals surface area contributed by atoms with E-state index in [0.29, 0.717) is 17.5 Å². The third-order valence-corrected chi connectivity index (χ3v) is 3.74. The summed E-state index contributed by atoms with van der Waals surface area (Å²) in [7, 11) is 0. The van der Waals surface area contributed by atoms with E-state index in [-0.39, 0.29) is 12.5 Å². The molecule has 0 fully saturated rings. The van der Waals surface area contributed by atoms with Crippen molar-refractivity contribution in [2.24, 2.45) is 5.92 Å². The Morgan fingerprint density at radius 1 is 1.12 bits per heavy atom. The third-order valence-electron chi connectivity index (χ3n) is 3.42. The van der Waals surface area contributed by atoms with Gasteiger partial charge in [0.15, 0.2) is 0 Å². The van der Waals surface area contributed by atoms with Crippen molar-refractivity contribution >= 4 is 28.9 Å². The maximum absolute atomic E-state index is 12.0. The molecule has 0 spiro atoms. The van der Waals surface area contributed by atoms with Crippen molar-refractivity contribution < 1.29 is 9.53 Å². The van der Waals surface area contributed by atoms with E-state index in [1.165, 1.54) is 0 Å². The molecule has 2 aromatic rings. The Morgan fingerprint density at radius 3 is 2.50 bits per heavy atom. The quantitative estimate of drug-likeness (QED) is 0.720. The molecule has 0 aliphatic rings. The summed E-state index contributed by atoms with van der Waals surface area (Å²) < 4.78 is 5.66. The minimum atomic E-state index is -0.136. The highest BCUT2D eigenvalue weighted by Crippen LogP contribution is 2.20. The third kappa shape index (κ3) is 6.13. The average molecular weight is 347 g/mol. The zero-order chi connectivity index (χ0) is 17.4. The molecule has 0 saturated carbocycles. The number of carbonyl (C=O) groups is 1. The number of para-hydroxylation sites is 1. The number of hydrogen-bond acceptors (Lipinski definition) is 3. The second-order valence-corrected chi connectivity index (χ2v) is 6.34. The summed E-state index contributed by atoms with van der Waals surface area (Å²) >= 11 is 6.04. The number of nitrogens with one attached hydrogen (secondary N) is 2. The fourth-order valence-electron chi connectivity index (χ4n) is 2.03. The highest BCUT2D eigenvalue weighted by atomic mass is 35.5. The van der Waals surface area contributed by atoms with E-state index in [2.05, 4.69) is 24.5 Å². The second-order valence-electron chi connectivity index (χ2n) is 5.94. The van der Waals surface area contributed by atoms with Crippen molar-refractivity contribution in [2.45, 2.75) is 20.3 Å². The summed E-state index contributed by atoms with van der Waals surface area (Å²) in [5.74, 6) is 1.29. The first-order chi connectivity index (χ1) is 11.5. The smallest absolute Gasteiger partial charge is 0.243 e. The first-order valence-electron chi connectivity index (χ1n) is 8.05. The molecule has 1 amide bonds. The molecular weight excluding hydrogens is 324 g/mol. The maximum Gasteiger partial charge on any atom is 0.243 e. The zero-order valence-corrected chi connectivity index (χ0v) is 14.8.